The van der Waals surface area contributed by atoms with Gasteiger partial charge in [0.05, 0.1) is 12.9 Å². The Labute approximate surface area is 255 Å². The summed E-state index contributed by atoms with van der Waals surface area (Å²) < 4.78 is 50.0. The second-order valence-corrected chi connectivity index (χ2v) is 20.1. The van der Waals surface area contributed by atoms with Gasteiger partial charge in [-0.25, -0.2) is 16.8 Å². The lowest BCUT2D eigenvalue weighted by molar-refractivity contribution is -0.118. The van der Waals surface area contributed by atoms with Crippen LogP contribution >= 0.6 is 15.1 Å². The normalized spacial score (nSPS) is 23.5. The van der Waals surface area contributed by atoms with Crippen LogP contribution < -0.4 is 10.9 Å². The fourth-order valence-corrected chi connectivity index (χ4v) is 6.62. The number of anilines is 1. The summed E-state index contributed by atoms with van der Waals surface area (Å²) in [6.07, 6.45) is -4.95. The molecule has 44 heavy (non-hydrogen) atoms. The molecule has 0 spiro atoms. The number of hydrogen-bond donors (Lipinski definition) is 4. The Morgan fingerprint density at radius 1 is 1.36 bits per heavy atom. The Hall–Kier alpha value is -2.70. The molecule has 0 bridgehead atoms. The van der Waals surface area contributed by atoms with Gasteiger partial charge >= 0.3 is 20.9 Å². The van der Waals surface area contributed by atoms with Crippen LogP contribution in [0.5, 0.6) is 0 Å². The first-order valence-electron chi connectivity index (χ1n) is 13.4. The number of nitrogens with zero attached hydrogens (tertiary/aromatic N) is 5. The number of ether oxygens (including phenoxy) is 1. The van der Waals surface area contributed by atoms with Gasteiger partial charge in [0, 0.05) is 11.9 Å². The third kappa shape index (κ3) is 8.31. The molecule has 21 heteroatoms. The molecule has 6 atom stereocenters. The Kier molecular flexibility index (Phi) is 10.9. The van der Waals surface area contributed by atoms with Crippen LogP contribution in [-0.4, -0.2) is 81.7 Å². The number of nitrogens with one attached hydrogen (secondary N) is 2. The van der Waals surface area contributed by atoms with Crippen LogP contribution in [0.1, 0.15) is 40.8 Å². The van der Waals surface area contributed by atoms with E-state index in [1.165, 1.54) is 16.9 Å². The average molecular weight is 670 g/mol. The molecule has 0 aliphatic carbocycles. The van der Waals surface area contributed by atoms with E-state index in [-0.39, 0.29) is 22.2 Å². The van der Waals surface area contributed by atoms with Crippen LogP contribution in [0.25, 0.3) is 16.0 Å². The van der Waals surface area contributed by atoms with Crippen molar-refractivity contribution in [2.45, 2.75) is 77.3 Å². The predicted octanol–water partition coefficient (Wildman–Crippen LogP) is 2.75. The van der Waals surface area contributed by atoms with Crippen LogP contribution in [0, 0.1) is 23.7 Å². The first-order chi connectivity index (χ1) is 20.2. The molecule has 2 aromatic heterocycles. The molecule has 1 aliphatic rings. The van der Waals surface area contributed by atoms with Gasteiger partial charge in [-0.2, -0.15) is 4.98 Å². The van der Waals surface area contributed by atoms with E-state index in [1.54, 1.807) is 13.8 Å². The lowest BCUT2D eigenvalue weighted by atomic mass is 10.1. The highest BCUT2D eigenvalue weighted by molar-refractivity contribution is 7.83. The molecule has 239 valence electrons. The van der Waals surface area contributed by atoms with Crippen molar-refractivity contribution in [3.05, 3.63) is 28.1 Å². The van der Waals surface area contributed by atoms with Crippen molar-refractivity contribution in [3.8, 4) is 5.97 Å². The zero-order valence-corrected chi connectivity index (χ0v) is 28.0. The average Bonchev–Trinajstić information content (AvgIpc) is 3.43. The highest BCUT2D eigenvalue weighted by atomic mass is 31.2. The van der Waals surface area contributed by atoms with E-state index < -0.39 is 78.2 Å². The Morgan fingerprint density at radius 2 is 2.02 bits per heavy atom. The molecular formula is C23H35BN7O10P2Si. The third-order valence-corrected chi connectivity index (χ3v) is 13.7. The number of amides is 1. The molecule has 6 unspecified atom stereocenters. The van der Waals surface area contributed by atoms with E-state index in [9.17, 15) is 28.5 Å². The van der Waals surface area contributed by atoms with Gasteiger partial charge in [0.25, 0.3) is 13.0 Å². The second-order valence-electron chi connectivity index (χ2n) is 11.9. The number of nitriles is 1. The summed E-state index contributed by atoms with van der Waals surface area (Å²) in [5, 5.41) is 11.0. The summed E-state index contributed by atoms with van der Waals surface area (Å²) in [6, 6.07) is 0. The van der Waals surface area contributed by atoms with Crippen molar-refractivity contribution in [1.29, 1.82) is 5.26 Å². The first-order valence-corrected chi connectivity index (χ1v) is 19.7. The molecule has 4 N–H and O–H groups in total. The molecule has 0 aromatic carbocycles. The van der Waals surface area contributed by atoms with Gasteiger partial charge in [0.1, 0.15) is 18.3 Å². The summed E-state index contributed by atoms with van der Waals surface area (Å²) in [6.45, 7) is 19.8. The molecule has 2 aromatic rings. The van der Waals surface area contributed by atoms with Crippen LogP contribution in [-0.2, 0) is 32.1 Å². The fourth-order valence-electron chi connectivity index (χ4n) is 3.87. The highest BCUT2D eigenvalue weighted by Gasteiger charge is 2.54. The zero-order valence-electron chi connectivity index (χ0n) is 25.2. The van der Waals surface area contributed by atoms with Crippen molar-refractivity contribution < 1.29 is 41.9 Å². The number of hydrogen-bond acceptors (Lipinski definition) is 11. The largest absolute Gasteiger partial charge is 0.408 e. The maximum absolute atomic E-state index is 12.9. The van der Waals surface area contributed by atoms with Crippen molar-refractivity contribution in [3.63, 3.8) is 0 Å². The summed E-state index contributed by atoms with van der Waals surface area (Å²) in [4.78, 5) is 59.6. The molecule has 0 saturated carbocycles. The van der Waals surface area contributed by atoms with Crippen molar-refractivity contribution >= 4 is 53.4 Å². The zero-order chi connectivity index (χ0) is 33.3. The van der Waals surface area contributed by atoms with Crippen LogP contribution in [0.3, 0.4) is 0 Å². The molecule has 1 amide bonds. The molecule has 1 aliphatic heterocycles. The number of aromatic amines is 1. The van der Waals surface area contributed by atoms with Gasteiger partial charge in [-0.15, -0.1) is 0 Å². The molecule has 1 radical (unpaired) electrons. The number of H-pyrrole nitrogens is 1. The Balaban J connectivity index is 2.19. The van der Waals surface area contributed by atoms with Crippen LogP contribution in [0.2, 0.25) is 18.1 Å². The van der Waals surface area contributed by atoms with Crippen LogP contribution in [0.15, 0.2) is 11.1 Å². The molecule has 1 fully saturated rings. The summed E-state index contributed by atoms with van der Waals surface area (Å²) in [7, 11) is -11.9. The predicted molar refractivity (Wildman–Crippen MR) is 161 cm³/mol. The van der Waals surface area contributed by atoms with Gasteiger partial charge in [-0.1, -0.05) is 34.6 Å². The molecular weight excluding hydrogens is 635 g/mol. The molecule has 1 saturated heterocycles. The summed E-state index contributed by atoms with van der Waals surface area (Å²) in [5.74, 6) is 0.426. The summed E-state index contributed by atoms with van der Waals surface area (Å²) >= 11 is 0. The quantitative estimate of drug-likeness (QED) is 0.145. The second kappa shape index (κ2) is 13.3. The Morgan fingerprint density at radius 3 is 2.59 bits per heavy atom. The van der Waals surface area contributed by atoms with Gasteiger partial charge in [0.2, 0.25) is 11.9 Å². The van der Waals surface area contributed by atoms with E-state index in [2.05, 4.69) is 25.1 Å². The van der Waals surface area contributed by atoms with E-state index in [0.717, 1.165) is 0 Å². The SMILES string of the molecule is [C-]#[N+]CP(=O)(O)OC1C(COP(=O)(O)[B]C#N)OC(n2cnc3c(=O)[nH]c(NC(=O)C(C)C)nc32)C1O[Si](C)(C)C(C)(C)C. The fraction of sp³-hybridized carbons (Fsp3) is 0.652. The van der Waals surface area contributed by atoms with Gasteiger partial charge < -0.3 is 28.3 Å². The van der Waals surface area contributed by atoms with Gasteiger partial charge in [0.15, 0.2) is 25.7 Å². The van der Waals surface area contributed by atoms with Crippen molar-refractivity contribution in [2.75, 3.05) is 18.2 Å². The number of carbonyl (C=O) groups excluding carboxylic acids is 1. The molecule has 17 nitrogen and oxygen atoms in total. The first kappa shape index (κ1) is 35.8. The summed E-state index contributed by atoms with van der Waals surface area (Å²) in [5.41, 5.74) is -0.838. The highest BCUT2D eigenvalue weighted by Crippen LogP contribution is 2.51. The van der Waals surface area contributed by atoms with Gasteiger partial charge in [-0.3, -0.25) is 38.1 Å². The minimum atomic E-state index is -4.58. The van der Waals surface area contributed by atoms with E-state index in [1.807, 2.05) is 33.9 Å². The molecule has 3 heterocycles. The topological polar surface area (TPSA) is 232 Å². The number of rotatable bonds is 12. The lowest BCUT2D eigenvalue weighted by Crippen LogP contribution is -2.49. The van der Waals surface area contributed by atoms with E-state index in [4.69, 9.17) is 30.0 Å². The monoisotopic (exact) mass is 670 g/mol. The van der Waals surface area contributed by atoms with Gasteiger partial charge in [-0.05, 0) is 18.1 Å². The minimum absolute atomic E-state index is 0.0408. The third-order valence-electron chi connectivity index (χ3n) is 7.18. The van der Waals surface area contributed by atoms with Crippen LogP contribution in [0.4, 0.5) is 5.95 Å². The van der Waals surface area contributed by atoms with Crippen molar-refractivity contribution in [2.24, 2.45) is 5.92 Å². The minimum Gasteiger partial charge on any atom is -0.407 e. The maximum atomic E-state index is 12.9. The lowest BCUT2D eigenvalue weighted by Gasteiger charge is -2.40. The van der Waals surface area contributed by atoms with E-state index >= 15 is 0 Å². The number of imidazole rings is 1. The Bertz CT molecular complexity index is 1630. The van der Waals surface area contributed by atoms with Crippen molar-refractivity contribution in [1.82, 2.24) is 19.5 Å². The number of carbonyl (C=O) groups is 1. The maximum Gasteiger partial charge on any atom is 0.408 e. The smallest absolute Gasteiger partial charge is 0.407 e. The molecule has 3 rings (SSSR count). The number of aromatic nitrogens is 4. The van der Waals surface area contributed by atoms with E-state index in [0.29, 0.717) is 7.00 Å². The number of fused-ring (bicyclic) bond motifs is 1. The standard InChI is InChI=1S/C23H35BN7O10P2Si/c1-13(2)19(32)29-22-28-18-15(20(33)30-22)27-11-31(18)21-17(41-44(7,8)23(3,4)5)16(40-42(34,35)12-26-6)14(39-21)9-38-43(36,37)24-10-25/h11,13-14,16-17,21H,9,12H2,1-5,7-8H3,(H,34,35)(H,36,37)(H2,28,29,30,32,33).